The normalized spacial score (nSPS) is 25.2. The van der Waals surface area contributed by atoms with E-state index in [0.717, 1.165) is 25.0 Å². The number of carbonyl (C=O) groups is 1. The van der Waals surface area contributed by atoms with Crippen molar-refractivity contribution in [1.29, 1.82) is 0 Å². The number of Topliss-reactive ketones (excluding diaryl/α,β-unsaturated/α-hetero) is 1. The van der Waals surface area contributed by atoms with Crippen molar-refractivity contribution in [3.8, 4) is 0 Å². The summed E-state index contributed by atoms with van der Waals surface area (Å²) in [6, 6.07) is 0. The van der Waals surface area contributed by atoms with Gasteiger partial charge in [0.2, 0.25) is 0 Å². The summed E-state index contributed by atoms with van der Waals surface area (Å²) in [5, 5.41) is 10.0. The molecule has 3 heteroatoms. The average molecular weight is 237 g/mol. The Bertz CT molecular complexity index is 364. The summed E-state index contributed by atoms with van der Waals surface area (Å²) in [5.41, 5.74) is 1.21. The molecule has 3 nitrogen and oxygen atoms in total. The molecule has 1 fully saturated rings. The second-order valence-electron chi connectivity index (χ2n) is 5.54. The lowest BCUT2D eigenvalue weighted by molar-refractivity contribution is -0.117. The molecule has 0 spiro atoms. The fourth-order valence-electron chi connectivity index (χ4n) is 2.28. The zero-order valence-corrected chi connectivity index (χ0v) is 11.3. The third-order valence-corrected chi connectivity index (χ3v) is 3.18. The quantitative estimate of drug-likeness (QED) is 0.603. The van der Waals surface area contributed by atoms with Gasteiger partial charge in [-0.05, 0) is 18.3 Å². The third kappa shape index (κ3) is 3.42. The highest BCUT2D eigenvalue weighted by atomic mass is 16.3. The number of hydrogen-bond donors (Lipinski definition) is 1. The molecule has 0 atom stereocenters. The number of allylic oxidation sites excluding steroid dienone is 2. The van der Waals surface area contributed by atoms with Crippen molar-refractivity contribution in [2.45, 2.75) is 52.9 Å². The lowest BCUT2D eigenvalue weighted by Crippen LogP contribution is -2.32. The van der Waals surface area contributed by atoms with Crippen molar-refractivity contribution in [2.75, 3.05) is 7.05 Å². The van der Waals surface area contributed by atoms with Crippen LogP contribution in [-0.4, -0.2) is 23.6 Å². The molecule has 96 valence electrons. The minimum Gasteiger partial charge on any atom is -0.511 e. The van der Waals surface area contributed by atoms with Gasteiger partial charge in [0.1, 0.15) is 5.76 Å². The van der Waals surface area contributed by atoms with Gasteiger partial charge in [-0.2, -0.15) is 0 Å². The number of aliphatic hydroxyl groups is 1. The predicted molar refractivity (Wildman–Crippen MR) is 70.6 cm³/mol. The Hall–Kier alpha value is -1.12. The first-order valence-corrected chi connectivity index (χ1v) is 6.32. The van der Waals surface area contributed by atoms with Crippen LogP contribution in [0.3, 0.4) is 0 Å². The monoisotopic (exact) mass is 237 g/mol. The highest BCUT2D eigenvalue weighted by Gasteiger charge is 2.35. The van der Waals surface area contributed by atoms with E-state index in [1.807, 2.05) is 0 Å². The maximum atomic E-state index is 12.1. The number of aliphatic imine (C=N–C) groups is 1. The Balaban J connectivity index is 3.02. The largest absolute Gasteiger partial charge is 0.511 e. The summed E-state index contributed by atoms with van der Waals surface area (Å²) in [4.78, 5) is 16.3. The molecule has 0 aromatic rings. The van der Waals surface area contributed by atoms with Crippen LogP contribution in [0.2, 0.25) is 0 Å². The molecule has 1 rings (SSSR count). The van der Waals surface area contributed by atoms with Crippen LogP contribution in [0.5, 0.6) is 0 Å². The van der Waals surface area contributed by atoms with E-state index in [2.05, 4.69) is 25.8 Å². The van der Waals surface area contributed by atoms with Gasteiger partial charge in [0, 0.05) is 25.6 Å². The topological polar surface area (TPSA) is 49.7 Å². The van der Waals surface area contributed by atoms with Gasteiger partial charge in [-0.1, -0.05) is 27.2 Å². The zero-order chi connectivity index (χ0) is 13.1. The molecule has 17 heavy (non-hydrogen) atoms. The van der Waals surface area contributed by atoms with Gasteiger partial charge >= 0.3 is 0 Å². The average Bonchev–Trinajstić information content (AvgIpc) is 2.23. The van der Waals surface area contributed by atoms with Gasteiger partial charge in [0.25, 0.3) is 0 Å². The minimum absolute atomic E-state index is 0.0375. The molecule has 0 aromatic carbocycles. The first-order valence-electron chi connectivity index (χ1n) is 6.32. The van der Waals surface area contributed by atoms with E-state index in [-0.39, 0.29) is 17.0 Å². The zero-order valence-electron chi connectivity index (χ0n) is 11.3. The van der Waals surface area contributed by atoms with E-state index in [9.17, 15) is 9.90 Å². The van der Waals surface area contributed by atoms with Crippen LogP contribution in [0.4, 0.5) is 0 Å². The van der Waals surface area contributed by atoms with E-state index in [1.54, 1.807) is 7.05 Å². The number of unbranched alkanes of at least 4 members (excludes halogenated alkanes) is 1. The van der Waals surface area contributed by atoms with Crippen molar-refractivity contribution in [3.05, 3.63) is 11.3 Å². The number of carbonyl (C=O) groups excluding carboxylic acids is 1. The maximum Gasteiger partial charge on any atom is 0.168 e. The number of ketones is 1. The predicted octanol–water partition coefficient (Wildman–Crippen LogP) is 3.45. The summed E-state index contributed by atoms with van der Waals surface area (Å²) in [6.45, 7) is 6.20. The summed E-state index contributed by atoms with van der Waals surface area (Å²) in [6.07, 6.45) is 3.76. The van der Waals surface area contributed by atoms with Crippen LogP contribution in [0, 0.1) is 5.41 Å². The van der Waals surface area contributed by atoms with Gasteiger partial charge in [-0.3, -0.25) is 9.79 Å². The fraction of sp³-hybridized carbons (Fsp3) is 0.714. The third-order valence-electron chi connectivity index (χ3n) is 3.18. The van der Waals surface area contributed by atoms with Crippen LogP contribution in [0.15, 0.2) is 16.3 Å². The van der Waals surface area contributed by atoms with Crippen molar-refractivity contribution >= 4 is 11.5 Å². The molecular weight excluding hydrogens is 214 g/mol. The molecule has 0 bridgehead atoms. The molecule has 0 heterocycles. The van der Waals surface area contributed by atoms with E-state index in [1.165, 1.54) is 0 Å². The van der Waals surface area contributed by atoms with Crippen LogP contribution in [-0.2, 0) is 4.79 Å². The van der Waals surface area contributed by atoms with E-state index < -0.39 is 0 Å². The second-order valence-corrected chi connectivity index (χ2v) is 5.54. The molecule has 0 amide bonds. The Labute approximate surface area is 104 Å². The summed E-state index contributed by atoms with van der Waals surface area (Å²) >= 11 is 0. The lowest BCUT2D eigenvalue weighted by atomic mass is 9.73. The van der Waals surface area contributed by atoms with E-state index in [0.29, 0.717) is 18.4 Å². The molecule has 0 saturated heterocycles. The van der Waals surface area contributed by atoms with E-state index >= 15 is 0 Å². The van der Waals surface area contributed by atoms with Crippen molar-refractivity contribution < 1.29 is 9.90 Å². The highest BCUT2D eigenvalue weighted by Crippen LogP contribution is 2.35. The molecule has 0 radical (unpaired) electrons. The number of aliphatic hydroxyl groups excluding tert-OH is 1. The molecule has 1 N–H and O–H groups in total. The highest BCUT2D eigenvalue weighted by molar-refractivity contribution is 6.24. The number of rotatable bonds is 3. The van der Waals surface area contributed by atoms with Crippen molar-refractivity contribution in [2.24, 2.45) is 10.4 Å². The summed E-state index contributed by atoms with van der Waals surface area (Å²) in [5.74, 6) is 0.267. The van der Waals surface area contributed by atoms with Crippen LogP contribution in [0.1, 0.15) is 52.9 Å². The van der Waals surface area contributed by atoms with Crippen LogP contribution < -0.4 is 0 Å². The van der Waals surface area contributed by atoms with Gasteiger partial charge in [0.05, 0.1) is 5.57 Å². The molecule has 0 aromatic heterocycles. The smallest absolute Gasteiger partial charge is 0.168 e. The Morgan fingerprint density at radius 2 is 2.06 bits per heavy atom. The number of nitrogens with zero attached hydrogens (tertiary/aromatic N) is 1. The van der Waals surface area contributed by atoms with Crippen molar-refractivity contribution in [3.63, 3.8) is 0 Å². The van der Waals surface area contributed by atoms with Gasteiger partial charge in [0.15, 0.2) is 5.78 Å². The van der Waals surface area contributed by atoms with Gasteiger partial charge in [-0.15, -0.1) is 0 Å². The number of hydrogen-bond acceptors (Lipinski definition) is 3. The second kappa shape index (κ2) is 5.48. The SMILES string of the molecule is CCCC/C(O)=C1/C(=O)CC(C)(C)CC1=NC. The fourth-order valence-corrected chi connectivity index (χ4v) is 2.28. The first kappa shape index (κ1) is 13.9. The first-order chi connectivity index (χ1) is 7.91. The Morgan fingerprint density at radius 3 is 2.59 bits per heavy atom. The molecule has 1 aliphatic rings. The lowest BCUT2D eigenvalue weighted by Gasteiger charge is -2.31. The minimum atomic E-state index is -0.0412. The van der Waals surface area contributed by atoms with Gasteiger partial charge in [-0.25, -0.2) is 0 Å². The van der Waals surface area contributed by atoms with Crippen molar-refractivity contribution in [1.82, 2.24) is 0 Å². The summed E-state index contributed by atoms with van der Waals surface area (Å²) < 4.78 is 0. The molecule has 1 saturated carbocycles. The van der Waals surface area contributed by atoms with E-state index in [4.69, 9.17) is 0 Å². The Kier molecular flexibility index (Phi) is 4.49. The van der Waals surface area contributed by atoms with Crippen LogP contribution >= 0.6 is 0 Å². The molecule has 1 aliphatic carbocycles. The Morgan fingerprint density at radius 1 is 1.41 bits per heavy atom. The summed E-state index contributed by atoms with van der Waals surface area (Å²) in [7, 11) is 1.69. The molecule has 0 unspecified atom stereocenters. The van der Waals surface area contributed by atoms with Gasteiger partial charge < -0.3 is 5.11 Å². The maximum absolute atomic E-state index is 12.1. The molecular formula is C14H23NO2. The standard InChI is InChI=1S/C14H23NO2/c1-5-6-7-11(16)13-10(15-4)8-14(2,3)9-12(13)17/h16H,5-9H2,1-4H3/b13-11-,15-10?. The van der Waals surface area contributed by atoms with Crippen LogP contribution in [0.25, 0.3) is 0 Å². The molecule has 0 aliphatic heterocycles.